The average molecular weight is 436 g/mol. The maximum Gasteiger partial charge on any atom is 0.239 e. The van der Waals surface area contributed by atoms with Gasteiger partial charge < -0.3 is 4.90 Å². The second-order valence-electron chi connectivity index (χ2n) is 7.03. The molecule has 1 heterocycles. The van der Waals surface area contributed by atoms with Crippen LogP contribution in [0.5, 0.6) is 0 Å². The van der Waals surface area contributed by atoms with Crippen LogP contribution in [0.3, 0.4) is 0 Å². The van der Waals surface area contributed by atoms with Crippen molar-refractivity contribution in [2.24, 2.45) is 0 Å². The van der Waals surface area contributed by atoms with Gasteiger partial charge in [-0.05, 0) is 52.2 Å². The lowest BCUT2D eigenvalue weighted by molar-refractivity contribution is -0.116. The van der Waals surface area contributed by atoms with Crippen molar-refractivity contribution in [2.75, 3.05) is 37.8 Å². The van der Waals surface area contributed by atoms with E-state index >= 15 is 0 Å². The third-order valence-electron chi connectivity index (χ3n) is 4.30. The molecule has 0 aliphatic rings. The zero-order valence-corrected chi connectivity index (χ0v) is 18.2. The van der Waals surface area contributed by atoms with Crippen LogP contribution in [0.1, 0.15) is 12.0 Å². The second kappa shape index (κ2) is 9.65. The number of anilines is 1. The molecule has 0 fully saturated rings. The maximum atomic E-state index is 14.1. The Labute approximate surface area is 177 Å². The SMILES string of the molecule is Cc1ccc(SCC(=O)N(CCCN(C)C)c2nc3c(F)cc(F)cc3s2)cc1. The number of fused-ring (bicyclic) bond motifs is 1. The number of rotatable bonds is 8. The number of carbonyl (C=O) groups is 1. The molecule has 0 radical (unpaired) electrons. The summed E-state index contributed by atoms with van der Waals surface area (Å²) in [6.07, 6.45) is 0.751. The van der Waals surface area contributed by atoms with Crippen LogP contribution in [0.4, 0.5) is 13.9 Å². The Balaban J connectivity index is 1.80. The molecule has 1 aromatic heterocycles. The van der Waals surface area contributed by atoms with Crippen LogP contribution in [0.15, 0.2) is 41.3 Å². The van der Waals surface area contributed by atoms with E-state index in [0.29, 0.717) is 16.4 Å². The number of halogens is 2. The van der Waals surface area contributed by atoms with Gasteiger partial charge in [0.25, 0.3) is 0 Å². The predicted octanol–water partition coefficient (Wildman–Crippen LogP) is 4.96. The third kappa shape index (κ3) is 5.74. The lowest BCUT2D eigenvalue weighted by Gasteiger charge is -2.21. The van der Waals surface area contributed by atoms with Gasteiger partial charge in [0.1, 0.15) is 11.3 Å². The fourth-order valence-electron chi connectivity index (χ4n) is 2.79. The van der Waals surface area contributed by atoms with E-state index in [9.17, 15) is 13.6 Å². The average Bonchev–Trinajstić information content (AvgIpc) is 3.08. The molecule has 0 spiro atoms. The van der Waals surface area contributed by atoms with Gasteiger partial charge in [0.2, 0.25) is 5.91 Å². The second-order valence-corrected chi connectivity index (χ2v) is 9.09. The Morgan fingerprint density at radius 2 is 1.86 bits per heavy atom. The van der Waals surface area contributed by atoms with E-state index in [1.165, 1.54) is 17.8 Å². The number of aryl methyl sites for hydroxylation is 1. The zero-order chi connectivity index (χ0) is 21.0. The molecule has 3 aromatic rings. The third-order valence-corrected chi connectivity index (χ3v) is 6.33. The standard InChI is InChI=1S/C21H23F2N3OS2/c1-14-5-7-16(8-6-14)28-13-19(27)26(10-4-9-25(2)3)21-24-20-17(23)11-15(22)12-18(20)29-21/h5-8,11-12H,4,9-10,13H2,1-3H3. The first-order valence-corrected chi connectivity index (χ1v) is 11.0. The summed E-state index contributed by atoms with van der Waals surface area (Å²) >= 11 is 2.59. The summed E-state index contributed by atoms with van der Waals surface area (Å²) in [6, 6.07) is 10.1. The molecule has 1 amide bonds. The number of hydrogen-bond acceptors (Lipinski definition) is 5. The molecule has 0 unspecified atom stereocenters. The number of aromatic nitrogens is 1. The van der Waals surface area contributed by atoms with Crippen LogP contribution in [0.25, 0.3) is 10.2 Å². The molecule has 0 saturated carbocycles. The highest BCUT2D eigenvalue weighted by Crippen LogP contribution is 2.32. The molecule has 0 aliphatic heterocycles. The largest absolute Gasteiger partial charge is 0.309 e. The molecule has 0 bridgehead atoms. The minimum absolute atomic E-state index is 0.1000. The summed E-state index contributed by atoms with van der Waals surface area (Å²) in [6.45, 7) is 3.29. The molecule has 0 saturated heterocycles. The van der Waals surface area contributed by atoms with Gasteiger partial charge in [-0.1, -0.05) is 29.0 Å². The van der Waals surface area contributed by atoms with Crippen LogP contribution in [0.2, 0.25) is 0 Å². The first kappa shape index (κ1) is 21.7. The highest BCUT2D eigenvalue weighted by molar-refractivity contribution is 8.00. The van der Waals surface area contributed by atoms with Gasteiger partial charge in [-0.15, -0.1) is 11.8 Å². The minimum Gasteiger partial charge on any atom is -0.309 e. The van der Waals surface area contributed by atoms with Gasteiger partial charge in [0, 0.05) is 17.5 Å². The van der Waals surface area contributed by atoms with Crippen LogP contribution < -0.4 is 4.90 Å². The lowest BCUT2D eigenvalue weighted by atomic mass is 10.2. The highest BCUT2D eigenvalue weighted by atomic mass is 32.2. The normalized spacial score (nSPS) is 11.4. The Hall–Kier alpha value is -2.03. The molecule has 29 heavy (non-hydrogen) atoms. The number of thiazole rings is 1. The summed E-state index contributed by atoms with van der Waals surface area (Å²) in [5.74, 6) is -1.21. The Morgan fingerprint density at radius 3 is 2.55 bits per heavy atom. The quantitative estimate of drug-likeness (QED) is 0.469. The van der Waals surface area contributed by atoms with Crippen molar-refractivity contribution in [3.63, 3.8) is 0 Å². The highest BCUT2D eigenvalue weighted by Gasteiger charge is 2.21. The lowest BCUT2D eigenvalue weighted by Crippen LogP contribution is -2.34. The van der Waals surface area contributed by atoms with Crippen molar-refractivity contribution in [2.45, 2.75) is 18.2 Å². The first-order chi connectivity index (χ1) is 13.8. The zero-order valence-electron chi connectivity index (χ0n) is 16.6. The van der Waals surface area contributed by atoms with E-state index in [1.807, 2.05) is 50.2 Å². The van der Waals surface area contributed by atoms with Crippen molar-refractivity contribution in [1.29, 1.82) is 0 Å². The molecule has 0 aliphatic carbocycles. The van der Waals surface area contributed by atoms with Gasteiger partial charge >= 0.3 is 0 Å². The van der Waals surface area contributed by atoms with Crippen molar-refractivity contribution in [3.05, 3.63) is 53.6 Å². The molecule has 0 N–H and O–H groups in total. The van der Waals surface area contributed by atoms with E-state index in [1.54, 1.807) is 4.90 Å². The monoisotopic (exact) mass is 435 g/mol. The summed E-state index contributed by atoms with van der Waals surface area (Å²) in [5.41, 5.74) is 1.26. The van der Waals surface area contributed by atoms with Crippen LogP contribution in [-0.2, 0) is 4.79 Å². The number of hydrogen-bond donors (Lipinski definition) is 0. The van der Waals surface area contributed by atoms with E-state index < -0.39 is 11.6 Å². The Morgan fingerprint density at radius 1 is 1.14 bits per heavy atom. The fourth-order valence-corrected chi connectivity index (χ4v) is 4.61. The van der Waals surface area contributed by atoms with Gasteiger partial charge in [-0.2, -0.15) is 0 Å². The molecule has 2 aromatic carbocycles. The molecule has 154 valence electrons. The van der Waals surface area contributed by atoms with Gasteiger partial charge in [0.05, 0.1) is 10.5 Å². The molecule has 3 rings (SSSR count). The summed E-state index contributed by atoms with van der Waals surface area (Å²) < 4.78 is 28.0. The van der Waals surface area contributed by atoms with E-state index in [2.05, 4.69) is 4.98 Å². The minimum atomic E-state index is -0.711. The number of benzene rings is 2. The first-order valence-electron chi connectivity index (χ1n) is 9.23. The Kier molecular flexibility index (Phi) is 7.21. The van der Waals surface area contributed by atoms with Crippen molar-refractivity contribution in [1.82, 2.24) is 9.88 Å². The summed E-state index contributed by atoms with van der Waals surface area (Å²) in [5, 5.41) is 0.401. The number of nitrogens with zero attached hydrogens (tertiary/aromatic N) is 3. The topological polar surface area (TPSA) is 36.4 Å². The van der Waals surface area contributed by atoms with E-state index in [4.69, 9.17) is 0 Å². The molecular weight excluding hydrogens is 412 g/mol. The summed E-state index contributed by atoms with van der Waals surface area (Å²) in [7, 11) is 3.94. The number of carbonyl (C=O) groups excluding carboxylic acids is 1. The number of amides is 1. The van der Waals surface area contributed by atoms with Gasteiger partial charge in [-0.3, -0.25) is 9.69 Å². The van der Waals surface area contributed by atoms with Crippen molar-refractivity contribution < 1.29 is 13.6 Å². The van der Waals surface area contributed by atoms with Crippen LogP contribution >= 0.6 is 23.1 Å². The van der Waals surface area contributed by atoms with Gasteiger partial charge in [-0.25, -0.2) is 13.8 Å². The molecule has 8 heteroatoms. The van der Waals surface area contributed by atoms with Crippen molar-refractivity contribution >= 4 is 44.4 Å². The molecule has 4 nitrogen and oxygen atoms in total. The summed E-state index contributed by atoms with van der Waals surface area (Å²) in [4.78, 5) is 21.9. The van der Waals surface area contributed by atoms with E-state index in [-0.39, 0.29) is 17.2 Å². The molecule has 0 atom stereocenters. The molecular formula is C21H23F2N3OS2. The van der Waals surface area contributed by atoms with Crippen molar-refractivity contribution in [3.8, 4) is 0 Å². The Bertz CT molecular complexity index is 990. The maximum absolute atomic E-state index is 14.1. The fraction of sp³-hybridized carbons (Fsp3) is 0.333. The van der Waals surface area contributed by atoms with Gasteiger partial charge in [0.15, 0.2) is 10.9 Å². The van der Waals surface area contributed by atoms with Crippen LogP contribution in [0, 0.1) is 18.6 Å². The smallest absolute Gasteiger partial charge is 0.239 e. The van der Waals surface area contributed by atoms with E-state index in [0.717, 1.165) is 40.8 Å². The number of thioether (sulfide) groups is 1. The van der Waals surface area contributed by atoms with Crippen LogP contribution in [-0.4, -0.2) is 48.7 Å². The predicted molar refractivity (Wildman–Crippen MR) is 117 cm³/mol.